The van der Waals surface area contributed by atoms with Crippen LogP contribution < -0.4 is 0 Å². The second-order valence-electron chi connectivity index (χ2n) is 8.36. The fraction of sp³-hybridized carbons (Fsp3) is 0. The van der Waals surface area contributed by atoms with Crippen LogP contribution in [0, 0.1) is 0 Å². The van der Waals surface area contributed by atoms with Gasteiger partial charge in [-0.3, -0.25) is 0 Å². The van der Waals surface area contributed by atoms with E-state index in [0.717, 1.165) is 30.9 Å². The monoisotopic (exact) mass is 554 g/mol. The van der Waals surface area contributed by atoms with Gasteiger partial charge < -0.3 is 0 Å². The summed E-state index contributed by atoms with van der Waals surface area (Å²) in [4.78, 5) is 31.0. The minimum absolute atomic E-state index is 0.175. The number of allylic oxidation sites excluding steroid dienone is 1. The van der Waals surface area contributed by atoms with E-state index in [1.807, 2.05) is 72.9 Å². The Bertz CT molecular complexity index is 1750. The number of para-hydroxylation sites is 1. The third-order valence-electron chi connectivity index (χ3n) is 6.42. The van der Waals surface area contributed by atoms with E-state index in [9.17, 15) is 9.59 Å². The normalized spacial score (nSPS) is 13.4. The first-order valence-electron chi connectivity index (χ1n) is 11.0. The van der Waals surface area contributed by atoms with Crippen molar-refractivity contribution in [2.75, 3.05) is 0 Å². The zero-order chi connectivity index (χ0) is 22.8. The standard InChI is InChI=1S/C29H16N2O2Te/c32-27-22-14-17-6-1-2-7-18(17)15-23(22)28(33)24(27)16-19-11-12-26(34-19)31-25-10-4-3-8-20(25)21-9-5-13-30-29(21)31/h1-16H. The van der Waals surface area contributed by atoms with Crippen LogP contribution in [0.5, 0.6) is 0 Å². The van der Waals surface area contributed by atoms with E-state index in [-0.39, 0.29) is 17.1 Å². The van der Waals surface area contributed by atoms with Crippen LogP contribution in [0.4, 0.5) is 0 Å². The Morgan fingerprint density at radius 1 is 0.735 bits per heavy atom. The number of carbonyl (C=O) groups is 2. The van der Waals surface area contributed by atoms with Gasteiger partial charge in [-0.05, 0) is 0 Å². The molecule has 0 saturated heterocycles. The van der Waals surface area contributed by atoms with Gasteiger partial charge in [0, 0.05) is 0 Å². The van der Waals surface area contributed by atoms with E-state index in [1.165, 1.54) is 9.09 Å². The molecule has 0 amide bonds. The van der Waals surface area contributed by atoms with E-state index < -0.39 is 20.4 Å². The number of nitrogens with zero attached hydrogens (tertiary/aromatic N) is 2. The average molecular weight is 552 g/mol. The van der Waals surface area contributed by atoms with E-state index in [1.54, 1.807) is 0 Å². The topological polar surface area (TPSA) is 52.0 Å². The van der Waals surface area contributed by atoms with Crippen LogP contribution in [0.3, 0.4) is 0 Å². The zero-order valence-electron chi connectivity index (χ0n) is 17.9. The first-order valence-corrected chi connectivity index (χ1v) is 13.3. The van der Waals surface area contributed by atoms with Crippen LogP contribution in [-0.4, -0.2) is 41.5 Å². The Kier molecular flexibility index (Phi) is 4.26. The Balaban J connectivity index is 1.34. The Labute approximate surface area is 204 Å². The van der Waals surface area contributed by atoms with E-state index in [0.29, 0.717) is 11.1 Å². The fourth-order valence-electron chi connectivity index (χ4n) is 4.84. The molecular weight excluding hydrogens is 536 g/mol. The van der Waals surface area contributed by atoms with Crippen molar-refractivity contribution >= 4 is 70.8 Å². The van der Waals surface area contributed by atoms with Gasteiger partial charge in [-0.25, -0.2) is 0 Å². The van der Waals surface area contributed by atoms with Crippen molar-refractivity contribution in [2.24, 2.45) is 0 Å². The summed E-state index contributed by atoms with van der Waals surface area (Å²) >= 11 is -0.813. The van der Waals surface area contributed by atoms with Crippen LogP contribution in [0.1, 0.15) is 24.3 Å². The van der Waals surface area contributed by atoms with E-state index >= 15 is 0 Å². The molecule has 3 heterocycles. The van der Waals surface area contributed by atoms with Crippen molar-refractivity contribution in [3.63, 3.8) is 0 Å². The molecule has 0 radical (unpaired) electrons. The molecule has 0 spiro atoms. The van der Waals surface area contributed by atoms with Gasteiger partial charge in [-0.1, -0.05) is 0 Å². The first-order chi connectivity index (χ1) is 16.7. The van der Waals surface area contributed by atoms with Gasteiger partial charge in [0.1, 0.15) is 0 Å². The molecule has 6 aromatic rings. The van der Waals surface area contributed by atoms with E-state index in [4.69, 9.17) is 0 Å². The van der Waals surface area contributed by atoms with Gasteiger partial charge in [0.2, 0.25) is 0 Å². The number of fused-ring (bicyclic) bond motifs is 5. The summed E-state index contributed by atoms with van der Waals surface area (Å²) in [6.45, 7) is 0. The number of pyridine rings is 1. The van der Waals surface area contributed by atoms with Crippen molar-refractivity contribution in [1.82, 2.24) is 9.55 Å². The predicted octanol–water partition coefficient (Wildman–Crippen LogP) is 5.85. The molecule has 34 heavy (non-hydrogen) atoms. The van der Waals surface area contributed by atoms with Gasteiger partial charge in [-0.2, -0.15) is 0 Å². The minimum atomic E-state index is -0.813. The van der Waals surface area contributed by atoms with Crippen LogP contribution >= 0.6 is 0 Å². The van der Waals surface area contributed by atoms with Crippen molar-refractivity contribution in [2.45, 2.75) is 0 Å². The summed E-state index contributed by atoms with van der Waals surface area (Å²) in [5.41, 5.74) is 3.36. The van der Waals surface area contributed by atoms with E-state index in [2.05, 4.69) is 33.8 Å². The summed E-state index contributed by atoms with van der Waals surface area (Å²) in [5, 5.41) is 4.25. The summed E-state index contributed by atoms with van der Waals surface area (Å²) in [7, 11) is 0. The van der Waals surface area contributed by atoms with Crippen LogP contribution in [0.15, 0.2) is 96.7 Å². The molecule has 0 unspecified atom stereocenters. The zero-order valence-corrected chi connectivity index (χ0v) is 20.2. The fourth-order valence-corrected chi connectivity index (χ4v) is 7.60. The first kappa shape index (κ1) is 19.7. The molecule has 0 atom stereocenters. The molecule has 1 aliphatic rings. The molecule has 160 valence electrons. The Morgan fingerprint density at radius 3 is 2.18 bits per heavy atom. The summed E-state index contributed by atoms with van der Waals surface area (Å²) in [6.07, 6.45) is 3.64. The molecule has 0 saturated carbocycles. The second-order valence-corrected chi connectivity index (χ2v) is 11.5. The van der Waals surface area contributed by atoms with Crippen molar-refractivity contribution < 1.29 is 9.59 Å². The summed E-state index contributed by atoms with van der Waals surface area (Å²) in [5.74, 6) is -0.350. The number of hydrogen-bond donors (Lipinski definition) is 0. The van der Waals surface area contributed by atoms with Crippen molar-refractivity contribution in [1.29, 1.82) is 0 Å². The molecule has 4 nitrogen and oxygen atoms in total. The molecule has 3 aromatic heterocycles. The summed E-state index contributed by atoms with van der Waals surface area (Å²) < 4.78 is 4.49. The third kappa shape index (κ3) is 2.81. The molecule has 0 N–H and O–H groups in total. The second kappa shape index (κ2) is 7.36. The van der Waals surface area contributed by atoms with Crippen LogP contribution in [0.25, 0.3) is 42.5 Å². The number of benzene rings is 3. The molecular formula is C29H16N2O2Te. The molecule has 1 aliphatic carbocycles. The average Bonchev–Trinajstić information content (AvgIpc) is 3.53. The van der Waals surface area contributed by atoms with Gasteiger partial charge in [0.05, 0.1) is 0 Å². The SMILES string of the molecule is O=C1C(=Cc2ccc(-n3c4ccccc4c4cccnc43)[te]2)C(=O)c2cc3ccccc3cc21. The van der Waals surface area contributed by atoms with Crippen LogP contribution in [0.2, 0.25) is 0 Å². The number of rotatable bonds is 2. The van der Waals surface area contributed by atoms with Gasteiger partial charge in [0.25, 0.3) is 0 Å². The van der Waals surface area contributed by atoms with Gasteiger partial charge in [0.15, 0.2) is 0 Å². The molecule has 0 fully saturated rings. The number of aromatic nitrogens is 2. The number of carbonyl (C=O) groups excluding carboxylic acids is 2. The molecule has 7 rings (SSSR count). The molecule has 0 bridgehead atoms. The van der Waals surface area contributed by atoms with Crippen LogP contribution in [-0.2, 0) is 0 Å². The van der Waals surface area contributed by atoms with Crippen molar-refractivity contribution in [3.05, 3.63) is 111 Å². The van der Waals surface area contributed by atoms with Crippen molar-refractivity contribution in [3.8, 4) is 3.70 Å². The number of Topliss-reactive ketones (excluding diaryl/α,β-unsaturated/α-hetero) is 2. The maximum absolute atomic E-state index is 13.2. The maximum atomic E-state index is 13.2. The number of ketones is 2. The molecule has 3 aromatic carbocycles. The third-order valence-corrected chi connectivity index (χ3v) is 9.32. The Morgan fingerprint density at radius 2 is 1.41 bits per heavy atom. The molecule has 0 aliphatic heterocycles. The predicted molar refractivity (Wildman–Crippen MR) is 136 cm³/mol. The van der Waals surface area contributed by atoms with Gasteiger partial charge in [-0.15, -0.1) is 0 Å². The molecule has 5 heteroatoms. The Hall–Kier alpha value is -3.78. The quantitative estimate of drug-likeness (QED) is 0.154. The van der Waals surface area contributed by atoms with Gasteiger partial charge >= 0.3 is 205 Å². The summed E-state index contributed by atoms with van der Waals surface area (Å²) in [6, 6.07) is 28.1. The number of hydrogen-bond acceptors (Lipinski definition) is 3.